The van der Waals surface area contributed by atoms with Gasteiger partial charge in [-0.3, -0.25) is 24.4 Å². The Balaban J connectivity index is 1.33. The van der Waals surface area contributed by atoms with Gasteiger partial charge < -0.3 is 23.8 Å². The zero-order chi connectivity index (χ0) is 37.5. The largest absolute Gasteiger partial charge is 0.464 e. The number of fused-ring (bicyclic) bond motifs is 6. The smallest absolute Gasteiger partial charge is 0.324 e. The van der Waals surface area contributed by atoms with Crippen LogP contribution in [0.5, 0.6) is 0 Å². The number of pyridine rings is 1. The average Bonchev–Trinajstić information content (AvgIpc) is 3.75. The number of nitrogens with one attached hydrogen (secondary N) is 2. The predicted molar refractivity (Wildman–Crippen MR) is 200 cm³/mol. The van der Waals surface area contributed by atoms with Gasteiger partial charge in [-0.1, -0.05) is 19.9 Å². The predicted octanol–water partition coefficient (Wildman–Crippen LogP) is 4.98. The van der Waals surface area contributed by atoms with Gasteiger partial charge in [0.2, 0.25) is 11.6 Å². The minimum absolute atomic E-state index is 0.157. The molecule has 2 saturated heterocycles. The zero-order valence-electron chi connectivity index (χ0n) is 30.7. The van der Waals surface area contributed by atoms with E-state index in [0.717, 1.165) is 44.7 Å². The Morgan fingerprint density at radius 3 is 2.79 bits per heavy atom. The summed E-state index contributed by atoms with van der Waals surface area (Å²) in [7, 11) is 1.27. The van der Waals surface area contributed by atoms with Crippen LogP contribution >= 0.6 is 11.3 Å². The Labute approximate surface area is 314 Å². The number of halogens is 1. The second kappa shape index (κ2) is 15.0. The molecule has 3 aliphatic heterocycles. The van der Waals surface area contributed by atoms with Gasteiger partial charge in [0, 0.05) is 65.6 Å². The molecule has 3 atom stereocenters. The van der Waals surface area contributed by atoms with Gasteiger partial charge in [-0.25, -0.2) is 14.8 Å². The Morgan fingerprint density at radius 2 is 2.06 bits per heavy atom. The first-order valence-corrected chi connectivity index (χ1v) is 20.0. The molecule has 6 bridgehead atoms. The van der Waals surface area contributed by atoms with E-state index in [1.54, 1.807) is 13.3 Å². The highest BCUT2D eigenvalue weighted by Gasteiger charge is 2.47. The molecule has 2 radical (unpaired) electrons. The van der Waals surface area contributed by atoms with E-state index < -0.39 is 44.2 Å². The molecule has 4 aromatic rings. The summed E-state index contributed by atoms with van der Waals surface area (Å²) < 4.78 is 33.9. The summed E-state index contributed by atoms with van der Waals surface area (Å²) in [5.41, 5.74) is 6.56. The summed E-state index contributed by atoms with van der Waals surface area (Å²) in [5, 5.41) is 5.21. The third-order valence-electron chi connectivity index (χ3n) is 10.3. The molecular weight excluding hydrogens is 716 g/mol. The van der Waals surface area contributed by atoms with Crippen molar-refractivity contribution in [2.24, 2.45) is 5.41 Å². The first-order valence-electron chi connectivity index (χ1n) is 18.1. The van der Waals surface area contributed by atoms with E-state index in [4.69, 9.17) is 24.2 Å². The number of cyclic esters (lactones) is 1. The molecule has 0 spiro atoms. The van der Waals surface area contributed by atoms with Crippen LogP contribution in [0.25, 0.3) is 33.4 Å². The summed E-state index contributed by atoms with van der Waals surface area (Å²) in [6, 6.07) is 9.69. The maximum atomic E-state index is 14.8. The van der Waals surface area contributed by atoms with Crippen molar-refractivity contribution in [3.63, 3.8) is 0 Å². The second-order valence-corrected chi connectivity index (χ2v) is 17.0. The van der Waals surface area contributed by atoms with Crippen LogP contribution in [-0.2, 0) is 48.0 Å². The molecule has 280 valence electrons. The fraction of sp³-hybridized carbons (Fsp3) is 0.500. The fourth-order valence-corrected chi connectivity index (χ4v) is 9.34. The van der Waals surface area contributed by atoms with Gasteiger partial charge in [0.05, 0.1) is 53.6 Å². The molecule has 0 saturated carbocycles. The topological polar surface area (TPSA) is 137 Å². The van der Waals surface area contributed by atoms with Gasteiger partial charge in [0.25, 0.3) is 5.91 Å². The van der Waals surface area contributed by atoms with Crippen molar-refractivity contribution in [3.05, 3.63) is 58.2 Å². The number of amides is 2. The molecule has 3 aliphatic rings. The lowest BCUT2D eigenvalue weighted by molar-refractivity contribution is -0.165. The van der Waals surface area contributed by atoms with Gasteiger partial charge >= 0.3 is 5.97 Å². The summed E-state index contributed by atoms with van der Waals surface area (Å²) in [6.45, 7) is 8.95. The number of aryl methyl sites for hydroxylation is 1. The number of nitrogens with zero attached hydrogens (tertiary/aromatic N) is 4. The zero-order valence-corrected chi connectivity index (χ0v) is 32.5. The van der Waals surface area contributed by atoms with E-state index in [1.807, 2.05) is 18.4 Å². The number of methoxy groups -OCH3 is 1. The molecule has 7 rings (SSSR count). The fourth-order valence-electron chi connectivity index (χ4n) is 7.24. The van der Waals surface area contributed by atoms with Crippen LogP contribution < -0.4 is 10.4 Å². The first-order chi connectivity index (χ1) is 25.4. The molecule has 2 fully saturated rings. The van der Waals surface area contributed by atoms with Gasteiger partial charge in [0.1, 0.15) is 6.04 Å². The summed E-state index contributed by atoms with van der Waals surface area (Å²) in [4.78, 5) is 52.8. The van der Waals surface area contributed by atoms with Crippen LogP contribution in [0.15, 0.2) is 41.9 Å². The van der Waals surface area contributed by atoms with Gasteiger partial charge in [-0.15, -0.1) is 11.3 Å². The Bertz CT molecular complexity index is 2030. The molecule has 2 N–H and O–H groups in total. The number of benzene rings is 1. The van der Waals surface area contributed by atoms with E-state index in [-0.39, 0.29) is 38.3 Å². The SMILES string of the molecule is CCn1c(-c2cccnc2[C@H](C)OC)c2c3cc(ccc31)-c1csc(n1)C[C@H]([Si]NC(=O)C1(F)COC1)C(=O)N1CCC[C@H](N1)C(=O)OCC(C)(C)C2. The number of hydrogen-bond donors (Lipinski definition) is 2. The minimum atomic E-state index is -2.10. The van der Waals surface area contributed by atoms with Gasteiger partial charge in [-0.2, -0.15) is 0 Å². The summed E-state index contributed by atoms with van der Waals surface area (Å²) in [5.74, 6) is -1.52. The number of thiazole rings is 1. The van der Waals surface area contributed by atoms with E-state index in [1.165, 1.54) is 16.3 Å². The quantitative estimate of drug-likeness (QED) is 0.198. The van der Waals surface area contributed by atoms with Gasteiger partial charge in [-0.05, 0) is 62.9 Å². The molecule has 0 aliphatic carbocycles. The lowest BCUT2D eigenvalue weighted by Crippen LogP contribution is -2.60. The Hall–Kier alpha value is -4.02. The third-order valence-corrected chi connectivity index (χ3v) is 12.3. The van der Waals surface area contributed by atoms with E-state index in [0.29, 0.717) is 37.4 Å². The highest BCUT2D eigenvalue weighted by molar-refractivity contribution is 7.10. The van der Waals surface area contributed by atoms with Crippen molar-refractivity contribution >= 4 is 49.7 Å². The van der Waals surface area contributed by atoms with Crippen LogP contribution in [-0.4, -0.2) is 92.2 Å². The molecular formula is C38H45FN6O6SSi. The maximum Gasteiger partial charge on any atom is 0.324 e. The minimum Gasteiger partial charge on any atom is -0.464 e. The highest BCUT2D eigenvalue weighted by Crippen LogP contribution is 2.42. The van der Waals surface area contributed by atoms with Crippen molar-refractivity contribution in [2.75, 3.05) is 33.5 Å². The van der Waals surface area contributed by atoms with Crippen molar-refractivity contribution in [1.29, 1.82) is 0 Å². The van der Waals surface area contributed by atoms with E-state index in [2.05, 4.69) is 60.0 Å². The van der Waals surface area contributed by atoms with E-state index in [9.17, 15) is 18.8 Å². The van der Waals surface area contributed by atoms with Crippen LogP contribution in [0.3, 0.4) is 0 Å². The molecule has 2 amide bonds. The molecule has 15 heteroatoms. The van der Waals surface area contributed by atoms with E-state index >= 15 is 0 Å². The molecule has 12 nitrogen and oxygen atoms in total. The molecule has 6 heterocycles. The summed E-state index contributed by atoms with van der Waals surface area (Å²) in [6.07, 6.45) is 3.47. The van der Waals surface area contributed by atoms with Crippen molar-refractivity contribution in [3.8, 4) is 22.5 Å². The molecule has 3 aromatic heterocycles. The number of ether oxygens (including phenoxy) is 3. The average molecular weight is 761 g/mol. The number of hydrogen-bond acceptors (Lipinski definition) is 10. The van der Waals surface area contributed by atoms with Gasteiger partial charge in [0.15, 0.2) is 9.68 Å². The lowest BCUT2D eigenvalue weighted by atomic mass is 9.84. The normalized spacial score (nSPS) is 22.1. The number of aromatic nitrogens is 3. The number of alkyl halides is 1. The van der Waals surface area contributed by atoms with Crippen LogP contribution in [0, 0.1) is 5.41 Å². The molecule has 1 aromatic carbocycles. The number of esters is 1. The van der Waals surface area contributed by atoms with Crippen molar-refractivity contribution in [2.45, 2.75) is 83.3 Å². The Morgan fingerprint density at radius 1 is 1.25 bits per heavy atom. The number of rotatable bonds is 7. The van der Waals surface area contributed by atoms with Crippen LogP contribution in [0.4, 0.5) is 4.39 Å². The summed E-state index contributed by atoms with van der Waals surface area (Å²) >= 11 is 1.44. The lowest BCUT2D eigenvalue weighted by Gasteiger charge is -2.36. The highest BCUT2D eigenvalue weighted by atomic mass is 32.1. The monoisotopic (exact) mass is 760 g/mol. The number of hydrazine groups is 1. The first kappa shape index (κ1) is 37.3. The van der Waals surface area contributed by atoms with Crippen LogP contribution in [0.2, 0.25) is 5.54 Å². The molecule has 0 unspecified atom stereocenters. The number of carbonyl (C=O) groups is 3. The maximum absolute atomic E-state index is 14.8. The van der Waals surface area contributed by atoms with Crippen LogP contribution in [0.1, 0.15) is 62.9 Å². The molecule has 53 heavy (non-hydrogen) atoms. The second-order valence-electron chi connectivity index (χ2n) is 14.8. The number of carbonyl (C=O) groups excluding carboxylic acids is 3. The van der Waals surface area contributed by atoms with Crippen molar-refractivity contribution < 1.29 is 33.0 Å². The Kier molecular flexibility index (Phi) is 10.6. The standard InChI is InChI=1S/C38H45FN6O6SSi/c1-6-44-29-12-11-23-15-25(29)26(33(44)24-9-7-13-40-32(24)22(2)49-5)17-37(3,4)19-51-35(47)27-10-8-14-45(42-27)34(46)30(16-31-41-28(23)18-52-31)53-43-36(48)38(39)20-50-21-38/h7,9,11-13,15,18,22,27,30,42H,6,8,10,14,16-17,19-21H2,1-5H3,(H,43,48)/t22-,27-,30-/m0/s1. The third kappa shape index (κ3) is 7.41. The van der Waals surface area contributed by atoms with Crippen molar-refractivity contribution in [1.82, 2.24) is 30.0 Å².